The summed E-state index contributed by atoms with van der Waals surface area (Å²) >= 11 is 0. The third-order valence-corrected chi connectivity index (χ3v) is 2.83. The molecule has 0 unspecified atom stereocenters. The van der Waals surface area contributed by atoms with Gasteiger partial charge >= 0.3 is 5.97 Å². The molecule has 0 bridgehead atoms. The van der Waals surface area contributed by atoms with Gasteiger partial charge in [0.05, 0.1) is 6.61 Å². The molecule has 2 rings (SSSR count). The van der Waals surface area contributed by atoms with Crippen LogP contribution in [0.3, 0.4) is 0 Å². The summed E-state index contributed by atoms with van der Waals surface area (Å²) in [7, 11) is 0. The zero-order valence-corrected chi connectivity index (χ0v) is 11.0. The van der Waals surface area contributed by atoms with Crippen molar-refractivity contribution in [2.24, 2.45) is 0 Å². The molecule has 1 N–H and O–H groups in total. The molecule has 100 valence electrons. The van der Waals surface area contributed by atoms with Gasteiger partial charge in [-0.15, -0.1) is 0 Å². The minimum Gasteiger partial charge on any atom is -0.508 e. The molecule has 0 amide bonds. The van der Waals surface area contributed by atoms with Crippen molar-refractivity contribution in [3.63, 3.8) is 0 Å². The molecule has 3 heteroatoms. The predicted octanol–water partition coefficient (Wildman–Crippen LogP) is 3.45. The quantitative estimate of drug-likeness (QED) is 0.832. The predicted molar refractivity (Wildman–Crippen MR) is 71.5 cm³/mol. The van der Waals surface area contributed by atoms with Crippen LogP contribution in [0.4, 0.5) is 0 Å². The summed E-state index contributed by atoms with van der Waals surface area (Å²) in [5.74, 6) is 0.0298. The van der Waals surface area contributed by atoms with E-state index >= 15 is 0 Å². The Morgan fingerprint density at radius 3 is 2.44 bits per heavy atom. The maximum Gasteiger partial charge on any atom is 0.306 e. The number of hydrogen-bond acceptors (Lipinski definition) is 3. The maximum atomic E-state index is 11.0. The Bertz CT molecular complexity index is 353. The lowest BCUT2D eigenvalue weighted by molar-refractivity contribution is -0.143. The fourth-order valence-electron chi connectivity index (χ4n) is 1.44. The van der Waals surface area contributed by atoms with Gasteiger partial charge in [-0.05, 0) is 31.0 Å². The molecule has 18 heavy (non-hydrogen) atoms. The Morgan fingerprint density at radius 2 is 1.94 bits per heavy atom. The van der Waals surface area contributed by atoms with Crippen molar-refractivity contribution in [1.29, 1.82) is 0 Å². The minimum atomic E-state index is -0.198. The van der Waals surface area contributed by atoms with Crippen LogP contribution in [0, 0.1) is 0 Å². The van der Waals surface area contributed by atoms with E-state index in [0.29, 0.717) is 19.4 Å². The molecule has 1 aromatic carbocycles. The maximum absolute atomic E-state index is 11.0. The first-order valence-electron chi connectivity index (χ1n) is 6.66. The summed E-state index contributed by atoms with van der Waals surface area (Å²) in [6.45, 7) is 2.20. The van der Waals surface area contributed by atoms with Gasteiger partial charge in [0.2, 0.25) is 0 Å². The summed E-state index contributed by atoms with van der Waals surface area (Å²) in [6.07, 6.45) is 6.96. The average molecular weight is 250 g/mol. The normalized spacial score (nSPS) is 12.9. The highest BCUT2D eigenvalue weighted by Gasteiger charge is 2.02. The van der Waals surface area contributed by atoms with Crippen molar-refractivity contribution >= 4 is 5.97 Å². The highest BCUT2D eigenvalue weighted by molar-refractivity contribution is 5.69. The van der Waals surface area contributed by atoms with E-state index in [9.17, 15) is 4.79 Å². The molecule has 0 aromatic heterocycles. The van der Waals surface area contributed by atoms with Crippen molar-refractivity contribution in [2.45, 2.75) is 45.4 Å². The molecule has 0 saturated heterocycles. The van der Waals surface area contributed by atoms with Crippen molar-refractivity contribution < 1.29 is 14.6 Å². The molecule has 1 aromatic rings. The van der Waals surface area contributed by atoms with Gasteiger partial charge in [0.25, 0.3) is 0 Å². The molecule has 1 fully saturated rings. The Kier molecular flexibility index (Phi) is 6.92. The van der Waals surface area contributed by atoms with E-state index in [-0.39, 0.29) is 11.7 Å². The van der Waals surface area contributed by atoms with Crippen LogP contribution in [0.15, 0.2) is 24.3 Å². The second-order valence-corrected chi connectivity index (χ2v) is 4.39. The number of phenolic OH excluding ortho intramolecular Hbond substituents is 1. The van der Waals surface area contributed by atoms with Crippen LogP contribution in [-0.4, -0.2) is 17.7 Å². The number of benzene rings is 1. The smallest absolute Gasteiger partial charge is 0.306 e. The number of rotatable bonds is 4. The van der Waals surface area contributed by atoms with Crippen molar-refractivity contribution in [1.82, 2.24) is 0 Å². The SMILES string of the molecule is C1CCC1.CCOC(=O)CCc1cccc(O)c1. The number of aryl methyl sites for hydroxylation is 1. The Hall–Kier alpha value is -1.51. The van der Waals surface area contributed by atoms with E-state index in [2.05, 4.69) is 0 Å². The zero-order chi connectivity index (χ0) is 13.2. The number of aromatic hydroxyl groups is 1. The molecule has 3 nitrogen and oxygen atoms in total. The Morgan fingerprint density at radius 1 is 1.28 bits per heavy atom. The van der Waals surface area contributed by atoms with E-state index in [0.717, 1.165) is 5.56 Å². The number of phenols is 1. The molecular weight excluding hydrogens is 228 g/mol. The van der Waals surface area contributed by atoms with Crippen LogP contribution in [-0.2, 0) is 16.0 Å². The van der Waals surface area contributed by atoms with Crippen LogP contribution in [0.2, 0.25) is 0 Å². The van der Waals surface area contributed by atoms with E-state index in [1.54, 1.807) is 25.1 Å². The van der Waals surface area contributed by atoms with Gasteiger partial charge < -0.3 is 9.84 Å². The largest absolute Gasteiger partial charge is 0.508 e. The molecule has 0 aliphatic heterocycles. The molecule has 0 spiro atoms. The highest BCUT2D eigenvalue weighted by Crippen LogP contribution is 2.15. The van der Waals surface area contributed by atoms with E-state index in [1.807, 2.05) is 6.07 Å². The number of hydrogen-bond donors (Lipinski definition) is 1. The molecule has 0 heterocycles. The van der Waals surface area contributed by atoms with Gasteiger partial charge in [-0.1, -0.05) is 37.8 Å². The fourth-order valence-corrected chi connectivity index (χ4v) is 1.44. The lowest BCUT2D eigenvalue weighted by atomic mass is 10.0. The summed E-state index contributed by atoms with van der Waals surface area (Å²) in [4.78, 5) is 11.0. The second-order valence-electron chi connectivity index (χ2n) is 4.39. The standard InChI is InChI=1S/C11H14O3.C4H8/c1-2-14-11(13)7-6-9-4-3-5-10(12)8-9;1-2-4-3-1/h3-5,8,12H,2,6-7H2,1H3;1-4H2. The van der Waals surface area contributed by atoms with Gasteiger partial charge in [-0.2, -0.15) is 0 Å². The first-order valence-corrected chi connectivity index (χ1v) is 6.66. The first kappa shape index (κ1) is 14.6. The van der Waals surface area contributed by atoms with Crippen LogP contribution in [0.25, 0.3) is 0 Å². The van der Waals surface area contributed by atoms with E-state index < -0.39 is 0 Å². The van der Waals surface area contributed by atoms with Crippen LogP contribution < -0.4 is 0 Å². The van der Waals surface area contributed by atoms with Crippen molar-refractivity contribution in [3.8, 4) is 5.75 Å². The van der Waals surface area contributed by atoms with Crippen LogP contribution >= 0.6 is 0 Å². The third-order valence-electron chi connectivity index (χ3n) is 2.83. The highest BCUT2D eigenvalue weighted by atomic mass is 16.5. The topological polar surface area (TPSA) is 46.5 Å². The molecule has 0 radical (unpaired) electrons. The van der Waals surface area contributed by atoms with E-state index in [1.165, 1.54) is 25.7 Å². The van der Waals surface area contributed by atoms with E-state index in [4.69, 9.17) is 9.84 Å². The van der Waals surface area contributed by atoms with Crippen molar-refractivity contribution in [2.75, 3.05) is 6.61 Å². The minimum absolute atomic E-state index is 0.198. The summed E-state index contributed by atoms with van der Waals surface area (Å²) in [6, 6.07) is 6.89. The number of esters is 1. The first-order chi connectivity index (χ1) is 8.72. The monoisotopic (exact) mass is 250 g/mol. The number of carbonyl (C=O) groups is 1. The molecule has 1 aliphatic carbocycles. The van der Waals surface area contributed by atoms with Gasteiger partial charge in [0.15, 0.2) is 0 Å². The van der Waals surface area contributed by atoms with Crippen molar-refractivity contribution in [3.05, 3.63) is 29.8 Å². The summed E-state index contributed by atoms with van der Waals surface area (Å²) < 4.78 is 4.79. The van der Waals surface area contributed by atoms with Crippen LogP contribution in [0.5, 0.6) is 5.75 Å². The lowest BCUT2D eigenvalue weighted by Gasteiger charge is -2.05. The summed E-state index contributed by atoms with van der Waals surface area (Å²) in [5.41, 5.74) is 0.943. The van der Waals surface area contributed by atoms with Crippen LogP contribution in [0.1, 0.15) is 44.6 Å². The van der Waals surface area contributed by atoms with Gasteiger partial charge in [0, 0.05) is 6.42 Å². The van der Waals surface area contributed by atoms with Gasteiger partial charge in [-0.3, -0.25) is 4.79 Å². The number of ether oxygens (including phenoxy) is 1. The Balaban J connectivity index is 0.000000341. The zero-order valence-electron chi connectivity index (χ0n) is 11.0. The fraction of sp³-hybridized carbons (Fsp3) is 0.533. The third kappa shape index (κ3) is 6.28. The molecule has 0 atom stereocenters. The number of carbonyl (C=O) groups excluding carboxylic acids is 1. The average Bonchev–Trinajstić information content (AvgIpc) is 2.25. The molecular formula is C15H22O3. The summed E-state index contributed by atoms with van der Waals surface area (Å²) in [5, 5.41) is 9.17. The molecule has 1 aliphatic rings. The van der Waals surface area contributed by atoms with Gasteiger partial charge in [-0.25, -0.2) is 0 Å². The Labute approximate surface area is 109 Å². The van der Waals surface area contributed by atoms with Gasteiger partial charge in [0.1, 0.15) is 5.75 Å². The molecule has 1 saturated carbocycles. The second kappa shape index (κ2) is 8.56. The lowest BCUT2D eigenvalue weighted by Crippen LogP contribution is -2.04.